The molecule has 0 N–H and O–H groups in total. The lowest BCUT2D eigenvalue weighted by Crippen LogP contribution is -2.24. The monoisotopic (exact) mass is 269 g/mol. The topological polar surface area (TPSA) is 37.4 Å². The van der Waals surface area contributed by atoms with Gasteiger partial charge in [0.05, 0.1) is 11.3 Å². The Hall–Kier alpha value is -2.49. The Bertz CT molecular complexity index is 752. The Morgan fingerprint density at radius 2 is 1.65 bits per heavy atom. The van der Waals surface area contributed by atoms with Crippen molar-refractivity contribution in [3.05, 3.63) is 53.3 Å². The number of hydrogen-bond acceptors (Lipinski definition) is 2. The second kappa shape index (κ2) is 4.27. The number of rotatable bonds is 1. The van der Waals surface area contributed by atoms with Crippen molar-refractivity contribution in [1.82, 2.24) is 0 Å². The van der Waals surface area contributed by atoms with Crippen LogP contribution >= 0.6 is 0 Å². The summed E-state index contributed by atoms with van der Waals surface area (Å²) in [6.07, 6.45) is 0. The van der Waals surface area contributed by atoms with Crippen molar-refractivity contribution in [2.24, 2.45) is 0 Å². The summed E-state index contributed by atoms with van der Waals surface area (Å²) in [6, 6.07) is 10.1. The standard InChI is InChI=1S/C16H12FNO2/c1-9-3-4-10(7-13(9)17)11-5-6-12-14(8-11)18(2)16(20)15(12)19/h3-8H,1-2H3. The molecular formula is C16H12FNO2. The van der Waals surface area contributed by atoms with E-state index in [4.69, 9.17) is 0 Å². The van der Waals surface area contributed by atoms with Crippen LogP contribution in [0.15, 0.2) is 36.4 Å². The summed E-state index contributed by atoms with van der Waals surface area (Å²) in [4.78, 5) is 24.7. The van der Waals surface area contributed by atoms with Crippen molar-refractivity contribution in [2.45, 2.75) is 6.92 Å². The zero-order chi connectivity index (χ0) is 14.4. The number of hydrogen-bond donors (Lipinski definition) is 0. The summed E-state index contributed by atoms with van der Waals surface area (Å²) in [6.45, 7) is 1.70. The van der Waals surface area contributed by atoms with E-state index in [2.05, 4.69) is 0 Å². The van der Waals surface area contributed by atoms with Crippen LogP contribution in [-0.2, 0) is 4.79 Å². The summed E-state index contributed by atoms with van der Waals surface area (Å²) in [5.41, 5.74) is 3.04. The summed E-state index contributed by atoms with van der Waals surface area (Å²) >= 11 is 0. The van der Waals surface area contributed by atoms with Crippen LogP contribution in [-0.4, -0.2) is 18.7 Å². The molecule has 1 aliphatic rings. The predicted molar refractivity (Wildman–Crippen MR) is 74.3 cm³/mol. The van der Waals surface area contributed by atoms with Gasteiger partial charge in [-0.05, 0) is 41.8 Å². The highest BCUT2D eigenvalue weighted by molar-refractivity contribution is 6.52. The van der Waals surface area contributed by atoms with Gasteiger partial charge < -0.3 is 4.90 Å². The molecule has 0 aromatic heterocycles. The molecule has 2 aromatic carbocycles. The fourth-order valence-electron chi connectivity index (χ4n) is 2.33. The molecule has 20 heavy (non-hydrogen) atoms. The number of Topliss-reactive ketones (excluding diaryl/α,β-unsaturated/α-hetero) is 1. The minimum atomic E-state index is -0.535. The number of nitrogens with zero attached hydrogens (tertiary/aromatic N) is 1. The molecule has 1 aliphatic heterocycles. The summed E-state index contributed by atoms with van der Waals surface area (Å²) in [5.74, 6) is -1.31. The van der Waals surface area contributed by atoms with Crippen LogP contribution in [0.5, 0.6) is 0 Å². The smallest absolute Gasteiger partial charge is 0.299 e. The average Bonchev–Trinajstić information content (AvgIpc) is 2.66. The van der Waals surface area contributed by atoms with E-state index in [9.17, 15) is 14.0 Å². The first-order valence-corrected chi connectivity index (χ1v) is 6.22. The number of anilines is 1. The Morgan fingerprint density at radius 1 is 1.00 bits per heavy atom. The fourth-order valence-corrected chi connectivity index (χ4v) is 2.33. The maximum absolute atomic E-state index is 13.6. The number of ketones is 1. The molecule has 2 aromatic rings. The summed E-state index contributed by atoms with van der Waals surface area (Å²) in [7, 11) is 1.56. The Labute approximate surface area is 115 Å². The SMILES string of the molecule is Cc1ccc(-c2ccc3c(c2)N(C)C(=O)C3=O)cc1F. The lowest BCUT2D eigenvalue weighted by Gasteiger charge is -2.11. The van der Waals surface area contributed by atoms with E-state index in [0.29, 0.717) is 16.8 Å². The van der Waals surface area contributed by atoms with Crippen LogP contribution in [0.1, 0.15) is 15.9 Å². The minimum Gasteiger partial charge on any atom is -0.308 e. The maximum Gasteiger partial charge on any atom is 0.299 e. The molecule has 0 unspecified atom stereocenters. The van der Waals surface area contributed by atoms with Crippen LogP contribution in [0.3, 0.4) is 0 Å². The Balaban J connectivity index is 2.12. The molecule has 0 fully saturated rings. The number of aryl methyl sites for hydroxylation is 1. The highest BCUT2D eigenvalue weighted by Crippen LogP contribution is 2.32. The predicted octanol–water partition coefficient (Wildman–Crippen LogP) is 2.96. The zero-order valence-electron chi connectivity index (χ0n) is 11.1. The van der Waals surface area contributed by atoms with Gasteiger partial charge in [0, 0.05) is 7.05 Å². The molecule has 0 bridgehead atoms. The molecular weight excluding hydrogens is 257 g/mol. The number of carbonyl (C=O) groups excluding carboxylic acids is 2. The van der Waals surface area contributed by atoms with E-state index >= 15 is 0 Å². The molecule has 0 saturated heterocycles. The van der Waals surface area contributed by atoms with Crippen LogP contribution in [0, 0.1) is 12.7 Å². The largest absolute Gasteiger partial charge is 0.308 e. The first-order chi connectivity index (χ1) is 9.49. The number of amides is 1. The second-order valence-electron chi connectivity index (χ2n) is 4.89. The maximum atomic E-state index is 13.6. The average molecular weight is 269 g/mol. The highest BCUT2D eigenvalue weighted by atomic mass is 19.1. The molecule has 1 amide bonds. The van der Waals surface area contributed by atoms with E-state index < -0.39 is 11.7 Å². The molecule has 3 rings (SSSR count). The van der Waals surface area contributed by atoms with Crippen LogP contribution < -0.4 is 4.90 Å². The van der Waals surface area contributed by atoms with Gasteiger partial charge in [-0.15, -0.1) is 0 Å². The van der Waals surface area contributed by atoms with Gasteiger partial charge in [-0.3, -0.25) is 9.59 Å². The van der Waals surface area contributed by atoms with Gasteiger partial charge in [-0.25, -0.2) is 4.39 Å². The van der Waals surface area contributed by atoms with Crippen molar-refractivity contribution < 1.29 is 14.0 Å². The molecule has 4 heteroatoms. The van der Waals surface area contributed by atoms with Gasteiger partial charge >= 0.3 is 0 Å². The van der Waals surface area contributed by atoms with Gasteiger partial charge in [0.15, 0.2) is 0 Å². The quantitative estimate of drug-likeness (QED) is 0.746. The van der Waals surface area contributed by atoms with Gasteiger partial charge in [-0.2, -0.15) is 0 Å². The van der Waals surface area contributed by atoms with Gasteiger partial charge in [0.2, 0.25) is 0 Å². The lowest BCUT2D eigenvalue weighted by atomic mass is 10.0. The summed E-state index contributed by atoms with van der Waals surface area (Å²) < 4.78 is 13.6. The van der Waals surface area contributed by atoms with Crippen molar-refractivity contribution >= 4 is 17.4 Å². The second-order valence-corrected chi connectivity index (χ2v) is 4.89. The van der Waals surface area contributed by atoms with Crippen LogP contribution in [0.2, 0.25) is 0 Å². The molecule has 0 atom stereocenters. The molecule has 100 valence electrons. The molecule has 0 spiro atoms. The van der Waals surface area contributed by atoms with E-state index in [1.54, 1.807) is 38.2 Å². The molecule has 3 nitrogen and oxygen atoms in total. The van der Waals surface area contributed by atoms with Gasteiger partial charge in [-0.1, -0.05) is 18.2 Å². The Morgan fingerprint density at radius 3 is 2.35 bits per heavy atom. The number of fused-ring (bicyclic) bond motifs is 1. The van der Waals surface area contributed by atoms with Crippen molar-refractivity contribution in [2.75, 3.05) is 11.9 Å². The zero-order valence-corrected chi connectivity index (χ0v) is 11.1. The first-order valence-electron chi connectivity index (χ1n) is 6.22. The molecule has 1 heterocycles. The normalized spacial score (nSPS) is 13.8. The van der Waals surface area contributed by atoms with E-state index in [0.717, 1.165) is 11.1 Å². The van der Waals surface area contributed by atoms with Crippen molar-refractivity contribution in [3.8, 4) is 11.1 Å². The van der Waals surface area contributed by atoms with Crippen LogP contribution in [0.25, 0.3) is 11.1 Å². The number of likely N-dealkylation sites (N-methyl/N-ethyl adjacent to an activating group) is 1. The minimum absolute atomic E-state index is 0.275. The fraction of sp³-hybridized carbons (Fsp3) is 0.125. The van der Waals surface area contributed by atoms with Crippen molar-refractivity contribution in [1.29, 1.82) is 0 Å². The molecule has 0 radical (unpaired) electrons. The molecule has 0 aliphatic carbocycles. The Kier molecular flexibility index (Phi) is 2.67. The number of benzene rings is 2. The number of halogens is 1. The lowest BCUT2D eigenvalue weighted by molar-refractivity contribution is -0.114. The van der Waals surface area contributed by atoms with E-state index in [1.807, 2.05) is 6.07 Å². The third-order valence-corrected chi connectivity index (χ3v) is 3.61. The van der Waals surface area contributed by atoms with Gasteiger partial charge in [0.25, 0.3) is 11.7 Å². The van der Waals surface area contributed by atoms with E-state index in [-0.39, 0.29) is 5.82 Å². The third kappa shape index (κ3) is 1.72. The van der Waals surface area contributed by atoms with Gasteiger partial charge in [0.1, 0.15) is 5.82 Å². The summed E-state index contributed by atoms with van der Waals surface area (Å²) in [5, 5.41) is 0. The first kappa shape index (κ1) is 12.5. The van der Waals surface area contributed by atoms with E-state index in [1.165, 1.54) is 11.0 Å². The van der Waals surface area contributed by atoms with Crippen molar-refractivity contribution in [3.63, 3.8) is 0 Å². The van der Waals surface area contributed by atoms with Crippen LogP contribution in [0.4, 0.5) is 10.1 Å². The number of carbonyl (C=O) groups is 2. The third-order valence-electron chi connectivity index (χ3n) is 3.61. The highest BCUT2D eigenvalue weighted by Gasteiger charge is 2.33. The molecule has 0 saturated carbocycles.